The number of nitrogens with zero attached hydrogens (tertiary/aromatic N) is 3. The Morgan fingerprint density at radius 2 is 1.79 bits per heavy atom. The lowest BCUT2D eigenvalue weighted by Gasteiger charge is -2.19. The number of rotatable bonds is 6. The highest BCUT2D eigenvalue weighted by Gasteiger charge is 2.18. The Bertz CT molecular complexity index is 1400. The fourth-order valence-electron chi connectivity index (χ4n) is 3.59. The van der Waals surface area contributed by atoms with Gasteiger partial charge in [0.05, 0.1) is 22.3 Å². The average Bonchev–Trinajstić information content (AvgIpc) is 2.81. The van der Waals surface area contributed by atoms with E-state index in [1.807, 2.05) is 44.2 Å². The van der Waals surface area contributed by atoms with Gasteiger partial charge in [0.15, 0.2) is 5.16 Å². The Balaban J connectivity index is 1.67. The maximum Gasteiger partial charge on any atom is 0.266 e. The zero-order chi connectivity index (χ0) is 23.5. The van der Waals surface area contributed by atoms with Crippen LogP contribution in [0.2, 0.25) is 0 Å². The molecule has 1 aromatic heterocycles. The molecule has 0 aliphatic rings. The molecule has 168 valence electrons. The summed E-state index contributed by atoms with van der Waals surface area (Å²) < 4.78 is 15.6. The number of carbonyl (C=O) groups is 1. The van der Waals surface area contributed by atoms with Crippen LogP contribution in [0.1, 0.15) is 16.7 Å². The van der Waals surface area contributed by atoms with Crippen LogP contribution in [0.4, 0.5) is 4.39 Å². The molecule has 0 aliphatic carbocycles. The summed E-state index contributed by atoms with van der Waals surface area (Å²) in [6, 6.07) is 19.5. The second kappa shape index (κ2) is 9.58. The Kier molecular flexibility index (Phi) is 6.60. The number of hydrogen-bond acceptors (Lipinski definition) is 4. The Morgan fingerprint density at radius 1 is 1.06 bits per heavy atom. The van der Waals surface area contributed by atoms with Gasteiger partial charge in [-0.15, -0.1) is 0 Å². The monoisotopic (exact) mass is 461 g/mol. The molecule has 0 unspecified atom stereocenters. The molecular weight excluding hydrogens is 437 g/mol. The predicted molar refractivity (Wildman–Crippen MR) is 130 cm³/mol. The van der Waals surface area contributed by atoms with Crippen molar-refractivity contribution in [1.82, 2.24) is 14.5 Å². The van der Waals surface area contributed by atoms with Gasteiger partial charge < -0.3 is 4.90 Å². The summed E-state index contributed by atoms with van der Waals surface area (Å²) in [5.41, 5.74) is 3.56. The number of para-hydroxylation sites is 1. The molecule has 33 heavy (non-hydrogen) atoms. The van der Waals surface area contributed by atoms with E-state index in [0.717, 1.165) is 16.8 Å². The van der Waals surface area contributed by atoms with Gasteiger partial charge in [0.25, 0.3) is 5.56 Å². The van der Waals surface area contributed by atoms with E-state index in [1.165, 1.54) is 22.7 Å². The van der Waals surface area contributed by atoms with Gasteiger partial charge in [0.2, 0.25) is 5.91 Å². The zero-order valence-corrected chi connectivity index (χ0v) is 19.5. The minimum Gasteiger partial charge on any atom is -0.341 e. The molecule has 1 heterocycles. The molecule has 0 N–H and O–H groups in total. The van der Waals surface area contributed by atoms with E-state index >= 15 is 0 Å². The summed E-state index contributed by atoms with van der Waals surface area (Å²) in [5.74, 6) is -0.455. The predicted octanol–water partition coefficient (Wildman–Crippen LogP) is 4.89. The van der Waals surface area contributed by atoms with Crippen molar-refractivity contribution in [2.24, 2.45) is 0 Å². The number of thioether (sulfide) groups is 1. The number of fused-ring (bicyclic) bond motifs is 1. The molecule has 1 amide bonds. The zero-order valence-electron chi connectivity index (χ0n) is 18.7. The van der Waals surface area contributed by atoms with E-state index in [0.29, 0.717) is 21.6 Å². The molecule has 3 aromatic carbocycles. The van der Waals surface area contributed by atoms with Crippen molar-refractivity contribution in [3.63, 3.8) is 0 Å². The SMILES string of the molecule is Cc1ccc(C)c(-n2c(SCC(=O)N(C)Cc3ccccc3F)nc3ccccc3c2=O)c1. The number of aromatic nitrogens is 2. The Labute approximate surface area is 195 Å². The van der Waals surface area contributed by atoms with E-state index in [2.05, 4.69) is 0 Å². The van der Waals surface area contributed by atoms with E-state index in [1.54, 1.807) is 41.9 Å². The Hall–Kier alpha value is -3.45. The number of hydrogen-bond donors (Lipinski definition) is 0. The fourth-order valence-corrected chi connectivity index (χ4v) is 4.53. The summed E-state index contributed by atoms with van der Waals surface area (Å²) >= 11 is 1.20. The largest absolute Gasteiger partial charge is 0.341 e. The van der Waals surface area contributed by atoms with Gasteiger partial charge in [-0.3, -0.25) is 14.2 Å². The second-order valence-corrected chi connectivity index (χ2v) is 8.91. The maximum absolute atomic E-state index is 14.0. The highest BCUT2D eigenvalue weighted by atomic mass is 32.2. The lowest BCUT2D eigenvalue weighted by Crippen LogP contribution is -2.29. The lowest BCUT2D eigenvalue weighted by atomic mass is 10.1. The molecule has 4 rings (SSSR count). The average molecular weight is 462 g/mol. The summed E-state index contributed by atoms with van der Waals surface area (Å²) in [6.07, 6.45) is 0. The molecule has 0 atom stereocenters. The molecule has 0 bridgehead atoms. The van der Waals surface area contributed by atoms with Gasteiger partial charge in [-0.05, 0) is 49.2 Å². The number of aryl methyl sites for hydroxylation is 2. The normalized spacial score (nSPS) is 11.0. The van der Waals surface area contributed by atoms with E-state index in [9.17, 15) is 14.0 Å². The van der Waals surface area contributed by atoms with Crippen molar-refractivity contribution >= 4 is 28.6 Å². The molecule has 0 aliphatic heterocycles. The first kappa shape index (κ1) is 22.7. The van der Waals surface area contributed by atoms with Crippen LogP contribution in [0, 0.1) is 19.7 Å². The van der Waals surface area contributed by atoms with Gasteiger partial charge in [0.1, 0.15) is 5.82 Å². The third-order valence-electron chi connectivity index (χ3n) is 5.47. The molecule has 0 saturated heterocycles. The van der Waals surface area contributed by atoms with E-state index in [4.69, 9.17) is 4.98 Å². The summed E-state index contributed by atoms with van der Waals surface area (Å²) in [5, 5.41) is 0.964. The fraction of sp³-hybridized carbons (Fsp3) is 0.192. The van der Waals surface area contributed by atoms with Gasteiger partial charge >= 0.3 is 0 Å². The molecule has 0 saturated carbocycles. The number of amides is 1. The minimum atomic E-state index is -0.343. The standard InChI is InChI=1S/C26H24FN3O2S/c1-17-12-13-18(2)23(14-17)30-25(32)20-9-5-7-11-22(20)28-26(30)33-16-24(31)29(3)15-19-8-4-6-10-21(19)27/h4-14H,15-16H2,1-3H3. The Morgan fingerprint density at radius 3 is 2.58 bits per heavy atom. The van der Waals surface area contributed by atoms with Crippen LogP contribution < -0.4 is 5.56 Å². The quantitative estimate of drug-likeness (QED) is 0.303. The number of halogens is 1. The van der Waals surface area contributed by atoms with Crippen molar-refractivity contribution in [3.8, 4) is 5.69 Å². The molecule has 0 fully saturated rings. The van der Waals surface area contributed by atoms with Gasteiger partial charge in [-0.25, -0.2) is 9.37 Å². The summed E-state index contributed by atoms with van der Waals surface area (Å²) in [4.78, 5) is 32.4. The first-order valence-electron chi connectivity index (χ1n) is 10.5. The lowest BCUT2D eigenvalue weighted by molar-refractivity contribution is -0.127. The van der Waals surface area contributed by atoms with Crippen LogP contribution in [0.3, 0.4) is 0 Å². The van der Waals surface area contributed by atoms with Crippen molar-refractivity contribution in [1.29, 1.82) is 0 Å². The molecule has 4 aromatic rings. The van der Waals surface area contributed by atoms with Crippen molar-refractivity contribution in [2.75, 3.05) is 12.8 Å². The maximum atomic E-state index is 14.0. The van der Waals surface area contributed by atoms with Crippen molar-refractivity contribution in [3.05, 3.63) is 99.6 Å². The van der Waals surface area contributed by atoms with Crippen LogP contribution in [-0.4, -0.2) is 33.2 Å². The van der Waals surface area contributed by atoms with Gasteiger partial charge in [-0.2, -0.15) is 0 Å². The summed E-state index contributed by atoms with van der Waals surface area (Å²) in [7, 11) is 1.64. The highest BCUT2D eigenvalue weighted by molar-refractivity contribution is 7.99. The van der Waals surface area contributed by atoms with E-state index < -0.39 is 0 Å². The molecule has 5 nitrogen and oxygen atoms in total. The van der Waals surface area contributed by atoms with Gasteiger partial charge in [-0.1, -0.05) is 54.2 Å². The minimum absolute atomic E-state index is 0.0700. The molecule has 7 heteroatoms. The molecule has 0 radical (unpaired) electrons. The second-order valence-electron chi connectivity index (χ2n) is 7.97. The first-order valence-corrected chi connectivity index (χ1v) is 11.5. The third-order valence-corrected chi connectivity index (χ3v) is 6.39. The van der Waals surface area contributed by atoms with E-state index in [-0.39, 0.29) is 29.6 Å². The van der Waals surface area contributed by atoms with Crippen LogP contribution >= 0.6 is 11.8 Å². The highest BCUT2D eigenvalue weighted by Crippen LogP contribution is 2.24. The smallest absolute Gasteiger partial charge is 0.266 e. The third kappa shape index (κ3) is 4.83. The topological polar surface area (TPSA) is 55.2 Å². The molecule has 0 spiro atoms. The summed E-state index contributed by atoms with van der Waals surface area (Å²) in [6.45, 7) is 4.08. The number of carbonyl (C=O) groups excluding carboxylic acids is 1. The van der Waals surface area contributed by atoms with Crippen molar-refractivity contribution < 1.29 is 9.18 Å². The van der Waals surface area contributed by atoms with Crippen LogP contribution in [0.15, 0.2) is 76.7 Å². The van der Waals surface area contributed by atoms with Gasteiger partial charge in [0, 0.05) is 19.2 Å². The van der Waals surface area contributed by atoms with Crippen LogP contribution in [0.5, 0.6) is 0 Å². The van der Waals surface area contributed by atoms with Crippen molar-refractivity contribution in [2.45, 2.75) is 25.5 Å². The van der Waals surface area contributed by atoms with Crippen LogP contribution in [-0.2, 0) is 11.3 Å². The number of benzene rings is 3. The first-order chi connectivity index (χ1) is 15.8. The van der Waals surface area contributed by atoms with Crippen LogP contribution in [0.25, 0.3) is 16.6 Å². The molecular formula is C26H24FN3O2S.